The molecule has 8 nitrogen and oxygen atoms in total. The second-order valence-electron chi connectivity index (χ2n) is 4.72. The summed E-state index contributed by atoms with van der Waals surface area (Å²) in [6.45, 7) is 4.60. The van der Waals surface area contributed by atoms with E-state index in [9.17, 15) is 14.4 Å². The number of hydrogen-bond donors (Lipinski definition) is 1. The molecule has 0 bridgehead atoms. The van der Waals surface area contributed by atoms with E-state index in [0.717, 1.165) is 0 Å². The maximum Gasteiger partial charge on any atom is 0.343 e. The number of nitrogens with one attached hydrogen (secondary N) is 1. The van der Waals surface area contributed by atoms with Gasteiger partial charge in [0.1, 0.15) is 0 Å². The molecule has 1 aromatic heterocycles. The van der Waals surface area contributed by atoms with Crippen LogP contribution < -0.4 is 5.32 Å². The lowest BCUT2D eigenvalue weighted by molar-refractivity contribution is -0.168. The highest BCUT2D eigenvalue weighted by Crippen LogP contribution is 2.19. The first-order valence-electron chi connectivity index (χ1n) is 7.34. The Morgan fingerprint density at radius 1 is 1.13 bits per heavy atom. The van der Waals surface area contributed by atoms with Crippen LogP contribution in [-0.4, -0.2) is 46.6 Å². The predicted molar refractivity (Wildman–Crippen MR) is 80.2 cm³/mol. The Hall–Kier alpha value is -2.51. The Bertz CT molecular complexity index is 529. The smallest absolute Gasteiger partial charge is 0.343 e. The van der Waals surface area contributed by atoms with Gasteiger partial charge in [-0.3, -0.25) is 14.8 Å². The Morgan fingerprint density at radius 3 is 2.17 bits per heavy atom. The first-order chi connectivity index (χ1) is 11.0. The fourth-order valence-electron chi connectivity index (χ4n) is 2.04. The Kier molecular flexibility index (Phi) is 7.11. The van der Waals surface area contributed by atoms with Gasteiger partial charge in [0.05, 0.1) is 18.9 Å². The highest BCUT2D eigenvalue weighted by Gasteiger charge is 2.49. The molecule has 0 radical (unpaired) electrons. The van der Waals surface area contributed by atoms with E-state index in [1.54, 1.807) is 13.8 Å². The molecule has 1 heterocycles. The third-order valence-electron chi connectivity index (χ3n) is 3.01. The molecule has 23 heavy (non-hydrogen) atoms. The number of aryl methyl sites for hydroxylation is 1. The second kappa shape index (κ2) is 8.82. The minimum absolute atomic E-state index is 0.0388. The molecule has 1 aromatic rings. The molecule has 0 aliphatic rings. The number of esters is 2. The largest absolute Gasteiger partial charge is 0.464 e. The van der Waals surface area contributed by atoms with E-state index in [4.69, 9.17) is 9.47 Å². The molecular formula is C15H21N3O5. The van der Waals surface area contributed by atoms with E-state index in [-0.39, 0.29) is 26.1 Å². The number of ether oxygens (including phenoxy) is 2. The standard InChI is InChI=1S/C15H21N3O5/c1-4-22-13(20)15(18-11(3)19,14(21)23-5-2)7-6-12-10-16-8-9-17-12/h8-10H,4-7H2,1-3H3,(H,18,19). The van der Waals surface area contributed by atoms with Crippen molar-refractivity contribution in [2.75, 3.05) is 13.2 Å². The number of nitrogens with zero attached hydrogens (tertiary/aromatic N) is 2. The van der Waals surface area contributed by atoms with E-state index >= 15 is 0 Å². The van der Waals surface area contributed by atoms with Crippen LogP contribution in [0.4, 0.5) is 0 Å². The Morgan fingerprint density at radius 2 is 1.74 bits per heavy atom. The van der Waals surface area contributed by atoms with Gasteiger partial charge in [0.2, 0.25) is 11.4 Å². The van der Waals surface area contributed by atoms with Crippen molar-refractivity contribution in [1.82, 2.24) is 15.3 Å². The van der Waals surface area contributed by atoms with Crippen LogP contribution in [0.25, 0.3) is 0 Å². The first-order valence-corrected chi connectivity index (χ1v) is 7.34. The van der Waals surface area contributed by atoms with Gasteiger partial charge < -0.3 is 14.8 Å². The lowest BCUT2D eigenvalue weighted by Gasteiger charge is -2.29. The summed E-state index contributed by atoms with van der Waals surface area (Å²) >= 11 is 0. The highest BCUT2D eigenvalue weighted by molar-refractivity contribution is 6.07. The summed E-state index contributed by atoms with van der Waals surface area (Å²) in [6, 6.07) is 0. The average Bonchev–Trinajstić information content (AvgIpc) is 2.52. The van der Waals surface area contributed by atoms with Crippen LogP contribution in [0.2, 0.25) is 0 Å². The number of rotatable bonds is 8. The first kappa shape index (κ1) is 18.5. The normalized spacial score (nSPS) is 10.7. The molecule has 0 aliphatic heterocycles. The maximum atomic E-state index is 12.4. The summed E-state index contributed by atoms with van der Waals surface area (Å²) in [7, 11) is 0. The van der Waals surface area contributed by atoms with Crippen molar-refractivity contribution in [2.45, 2.75) is 39.2 Å². The zero-order valence-corrected chi connectivity index (χ0v) is 13.5. The lowest BCUT2D eigenvalue weighted by atomic mass is 9.92. The van der Waals surface area contributed by atoms with Crippen LogP contribution in [-0.2, 0) is 30.3 Å². The van der Waals surface area contributed by atoms with Gasteiger partial charge in [0.25, 0.3) is 0 Å². The zero-order valence-electron chi connectivity index (χ0n) is 13.5. The molecule has 126 valence electrons. The van der Waals surface area contributed by atoms with Gasteiger partial charge in [-0.2, -0.15) is 0 Å². The monoisotopic (exact) mass is 323 g/mol. The fourth-order valence-corrected chi connectivity index (χ4v) is 2.04. The molecule has 1 rings (SSSR count). The van der Waals surface area contributed by atoms with Crippen molar-refractivity contribution >= 4 is 17.8 Å². The van der Waals surface area contributed by atoms with E-state index in [1.165, 1.54) is 25.5 Å². The van der Waals surface area contributed by atoms with E-state index in [0.29, 0.717) is 5.69 Å². The van der Waals surface area contributed by atoms with Gasteiger partial charge in [-0.25, -0.2) is 9.59 Å². The molecule has 0 aliphatic carbocycles. The quantitative estimate of drug-likeness (QED) is 0.545. The number of aromatic nitrogens is 2. The summed E-state index contributed by atoms with van der Waals surface area (Å²) in [4.78, 5) is 44.3. The predicted octanol–water partition coefficient (Wildman–Crippen LogP) is 0.410. The Balaban J connectivity index is 3.10. The molecule has 0 spiro atoms. The van der Waals surface area contributed by atoms with Gasteiger partial charge in [-0.05, 0) is 26.7 Å². The molecule has 1 amide bonds. The molecule has 0 fully saturated rings. The third kappa shape index (κ3) is 5.01. The van der Waals surface area contributed by atoms with Gasteiger partial charge in [-0.1, -0.05) is 0 Å². The molecular weight excluding hydrogens is 302 g/mol. The lowest BCUT2D eigenvalue weighted by Crippen LogP contribution is -2.61. The average molecular weight is 323 g/mol. The molecule has 0 atom stereocenters. The Labute approximate surface area is 134 Å². The SMILES string of the molecule is CCOC(=O)C(CCc1cnccn1)(NC(C)=O)C(=O)OCC. The van der Waals surface area contributed by atoms with Crippen molar-refractivity contribution in [3.63, 3.8) is 0 Å². The van der Waals surface area contributed by atoms with Crippen LogP contribution in [0.15, 0.2) is 18.6 Å². The number of amides is 1. The zero-order chi connectivity index (χ0) is 17.3. The molecule has 8 heteroatoms. The van der Waals surface area contributed by atoms with Gasteiger partial charge in [0.15, 0.2) is 0 Å². The second-order valence-corrected chi connectivity index (χ2v) is 4.72. The van der Waals surface area contributed by atoms with Crippen LogP contribution in [0, 0.1) is 0 Å². The van der Waals surface area contributed by atoms with Crippen LogP contribution in [0.1, 0.15) is 32.9 Å². The summed E-state index contributed by atoms with van der Waals surface area (Å²) in [6.07, 6.45) is 4.74. The molecule has 0 saturated carbocycles. The summed E-state index contributed by atoms with van der Waals surface area (Å²) in [5, 5.41) is 2.40. The number of carbonyl (C=O) groups excluding carboxylic acids is 3. The molecule has 0 unspecified atom stereocenters. The van der Waals surface area contributed by atoms with E-state index < -0.39 is 23.4 Å². The molecule has 0 saturated heterocycles. The van der Waals surface area contributed by atoms with Crippen LogP contribution >= 0.6 is 0 Å². The van der Waals surface area contributed by atoms with Gasteiger partial charge in [-0.15, -0.1) is 0 Å². The van der Waals surface area contributed by atoms with Gasteiger partial charge >= 0.3 is 11.9 Å². The third-order valence-corrected chi connectivity index (χ3v) is 3.01. The van der Waals surface area contributed by atoms with Crippen molar-refractivity contribution in [3.05, 3.63) is 24.3 Å². The highest BCUT2D eigenvalue weighted by atomic mass is 16.6. The van der Waals surface area contributed by atoms with Gasteiger partial charge in [0, 0.05) is 25.5 Å². The summed E-state index contributed by atoms with van der Waals surface area (Å²) in [5.41, 5.74) is -1.31. The number of carbonyl (C=O) groups is 3. The fraction of sp³-hybridized carbons (Fsp3) is 0.533. The molecule has 0 aromatic carbocycles. The molecule has 1 N–H and O–H groups in total. The minimum atomic E-state index is -1.89. The number of hydrogen-bond acceptors (Lipinski definition) is 7. The van der Waals surface area contributed by atoms with Crippen molar-refractivity contribution in [2.24, 2.45) is 0 Å². The maximum absolute atomic E-state index is 12.4. The van der Waals surface area contributed by atoms with Crippen molar-refractivity contribution < 1.29 is 23.9 Å². The van der Waals surface area contributed by atoms with E-state index in [2.05, 4.69) is 15.3 Å². The summed E-state index contributed by atoms with van der Waals surface area (Å²) < 4.78 is 9.95. The van der Waals surface area contributed by atoms with Crippen LogP contribution in [0.3, 0.4) is 0 Å². The van der Waals surface area contributed by atoms with Crippen molar-refractivity contribution in [1.29, 1.82) is 0 Å². The topological polar surface area (TPSA) is 107 Å². The summed E-state index contributed by atoms with van der Waals surface area (Å²) in [5.74, 6) is -2.24. The van der Waals surface area contributed by atoms with Crippen LogP contribution in [0.5, 0.6) is 0 Å². The van der Waals surface area contributed by atoms with E-state index in [1.807, 2.05) is 0 Å². The minimum Gasteiger partial charge on any atom is -0.464 e. The van der Waals surface area contributed by atoms with Crippen molar-refractivity contribution in [3.8, 4) is 0 Å².